The molecule has 18 heavy (non-hydrogen) atoms. The molecular weight excluding hydrogens is 230 g/mol. The summed E-state index contributed by atoms with van der Waals surface area (Å²) in [6.07, 6.45) is 0.819. The molecule has 2 amide bonds. The highest BCUT2D eigenvalue weighted by Crippen LogP contribution is 2.19. The van der Waals surface area contributed by atoms with E-state index in [2.05, 4.69) is 5.32 Å². The Balaban J connectivity index is 2.02. The van der Waals surface area contributed by atoms with Crippen LogP contribution < -0.4 is 5.32 Å². The van der Waals surface area contributed by atoms with Gasteiger partial charge in [-0.15, -0.1) is 0 Å². The first-order valence-electron chi connectivity index (χ1n) is 5.46. The third kappa shape index (κ3) is 1.84. The fraction of sp³-hybridized carbons (Fsp3) is 0. The molecule has 0 unspecified atom stereocenters. The first kappa shape index (κ1) is 10.5. The molecule has 0 radical (unpaired) electrons. The fourth-order valence-electron chi connectivity index (χ4n) is 1.87. The molecule has 1 aliphatic rings. The molecule has 1 N–H and O–H groups in total. The van der Waals surface area contributed by atoms with Gasteiger partial charge in [0.15, 0.2) is 5.76 Å². The van der Waals surface area contributed by atoms with Crippen LogP contribution in [0.5, 0.6) is 0 Å². The monoisotopic (exact) mass is 239 g/mol. The van der Waals surface area contributed by atoms with E-state index in [9.17, 15) is 9.59 Å². The van der Waals surface area contributed by atoms with E-state index in [0.717, 1.165) is 16.3 Å². The smallest absolute Gasteiger partial charge is 0.404 e. The predicted octanol–water partition coefficient (Wildman–Crippen LogP) is 2.45. The van der Waals surface area contributed by atoms with Crippen molar-refractivity contribution in [2.24, 2.45) is 0 Å². The summed E-state index contributed by atoms with van der Waals surface area (Å²) in [7, 11) is 0. The molecule has 2 aromatic carbocycles. The minimum Gasteiger partial charge on any atom is -0.404 e. The number of rotatable bonds is 1. The third-order valence-electron chi connectivity index (χ3n) is 2.71. The van der Waals surface area contributed by atoms with Crippen molar-refractivity contribution in [3.63, 3.8) is 0 Å². The van der Waals surface area contributed by atoms with Crippen LogP contribution in [0.1, 0.15) is 5.56 Å². The number of ether oxygens (including phenoxy) is 1. The molecule has 0 saturated carbocycles. The quantitative estimate of drug-likeness (QED) is 0.777. The van der Waals surface area contributed by atoms with Gasteiger partial charge >= 0.3 is 6.09 Å². The van der Waals surface area contributed by atoms with E-state index in [4.69, 9.17) is 4.74 Å². The molecule has 1 aliphatic heterocycles. The number of alkyl carbamates (subject to hydrolysis) is 1. The minimum absolute atomic E-state index is 0.0234. The number of amides is 2. The van der Waals surface area contributed by atoms with Gasteiger partial charge in [0, 0.05) is 0 Å². The van der Waals surface area contributed by atoms with Gasteiger partial charge in [0.05, 0.1) is 0 Å². The van der Waals surface area contributed by atoms with Crippen molar-refractivity contribution in [1.82, 2.24) is 5.32 Å². The minimum atomic E-state index is -0.730. The lowest BCUT2D eigenvalue weighted by Gasteiger charge is -1.99. The normalized spacial score (nSPS) is 17.0. The number of carbonyl (C=O) groups excluding carboxylic acids is 2. The van der Waals surface area contributed by atoms with Crippen LogP contribution in [0.15, 0.2) is 48.2 Å². The van der Waals surface area contributed by atoms with Crippen LogP contribution in [0.25, 0.3) is 16.8 Å². The van der Waals surface area contributed by atoms with Gasteiger partial charge in [-0.05, 0) is 28.5 Å². The second kappa shape index (κ2) is 4.00. The maximum atomic E-state index is 11.3. The summed E-state index contributed by atoms with van der Waals surface area (Å²) in [5, 5.41) is 4.24. The van der Waals surface area contributed by atoms with Gasteiger partial charge in [0.25, 0.3) is 5.91 Å². The zero-order valence-corrected chi connectivity index (χ0v) is 9.34. The van der Waals surface area contributed by atoms with Crippen LogP contribution in [-0.2, 0) is 9.53 Å². The molecule has 88 valence electrons. The average Bonchev–Trinajstić information content (AvgIpc) is 2.68. The van der Waals surface area contributed by atoms with Gasteiger partial charge in [0.2, 0.25) is 0 Å². The molecule has 1 heterocycles. The van der Waals surface area contributed by atoms with Crippen molar-refractivity contribution in [3.05, 3.63) is 53.8 Å². The summed E-state index contributed by atoms with van der Waals surface area (Å²) in [6.45, 7) is 0. The number of nitrogens with one attached hydrogen (secondary N) is 1. The Bertz CT molecular complexity index is 688. The van der Waals surface area contributed by atoms with Crippen LogP contribution in [0.4, 0.5) is 4.79 Å². The first-order valence-corrected chi connectivity index (χ1v) is 5.46. The third-order valence-corrected chi connectivity index (χ3v) is 2.71. The van der Waals surface area contributed by atoms with E-state index in [-0.39, 0.29) is 5.76 Å². The fourth-order valence-corrected chi connectivity index (χ4v) is 1.87. The van der Waals surface area contributed by atoms with Crippen molar-refractivity contribution in [2.75, 3.05) is 0 Å². The standard InChI is InChI=1S/C14H9NO3/c16-13-12(18-14(17)15-13)8-9-5-6-10-3-1-2-4-11(10)7-9/h1-8H,(H,15,16,17). The lowest BCUT2D eigenvalue weighted by molar-refractivity contribution is -0.116. The van der Waals surface area contributed by atoms with Gasteiger partial charge in [-0.3, -0.25) is 10.1 Å². The number of hydrogen-bond donors (Lipinski definition) is 1. The van der Waals surface area contributed by atoms with E-state index in [1.807, 2.05) is 42.5 Å². The molecule has 4 nitrogen and oxygen atoms in total. The molecular formula is C14H9NO3. The molecule has 0 atom stereocenters. The Morgan fingerprint density at radius 2 is 1.78 bits per heavy atom. The molecule has 0 aliphatic carbocycles. The summed E-state index contributed by atoms with van der Waals surface area (Å²) in [6, 6.07) is 13.7. The highest BCUT2D eigenvalue weighted by Gasteiger charge is 2.25. The zero-order valence-electron chi connectivity index (χ0n) is 9.34. The maximum Gasteiger partial charge on any atom is 0.419 e. The molecule has 3 rings (SSSR count). The molecule has 4 heteroatoms. The average molecular weight is 239 g/mol. The molecule has 0 spiro atoms. The number of hydrogen-bond acceptors (Lipinski definition) is 3. The van der Waals surface area contributed by atoms with Crippen molar-refractivity contribution >= 4 is 28.8 Å². The largest absolute Gasteiger partial charge is 0.419 e. The molecule has 2 aromatic rings. The SMILES string of the molecule is O=C1NC(=O)C(=Cc2ccc3ccccc3c2)O1. The number of imide groups is 1. The Hall–Kier alpha value is -2.62. The van der Waals surface area contributed by atoms with Crippen molar-refractivity contribution in [3.8, 4) is 0 Å². The summed E-state index contributed by atoms with van der Waals surface area (Å²) < 4.78 is 4.75. The summed E-state index contributed by atoms with van der Waals surface area (Å²) >= 11 is 0. The van der Waals surface area contributed by atoms with E-state index < -0.39 is 12.0 Å². The van der Waals surface area contributed by atoms with Gasteiger partial charge in [-0.1, -0.05) is 36.4 Å². The van der Waals surface area contributed by atoms with Crippen LogP contribution in [0, 0.1) is 0 Å². The van der Waals surface area contributed by atoms with Crippen LogP contribution >= 0.6 is 0 Å². The Kier molecular flexibility index (Phi) is 2.34. The first-order chi connectivity index (χ1) is 8.72. The predicted molar refractivity (Wildman–Crippen MR) is 66.5 cm³/mol. The van der Waals surface area contributed by atoms with Gasteiger partial charge in [0.1, 0.15) is 0 Å². The second-order valence-electron chi connectivity index (χ2n) is 3.96. The van der Waals surface area contributed by atoms with E-state index >= 15 is 0 Å². The van der Waals surface area contributed by atoms with Gasteiger partial charge < -0.3 is 4.74 Å². The highest BCUT2D eigenvalue weighted by molar-refractivity contribution is 6.10. The van der Waals surface area contributed by atoms with Crippen LogP contribution in [0.2, 0.25) is 0 Å². The lowest BCUT2D eigenvalue weighted by atomic mass is 10.1. The maximum absolute atomic E-state index is 11.3. The molecule has 0 aromatic heterocycles. The van der Waals surface area contributed by atoms with Crippen molar-refractivity contribution in [1.29, 1.82) is 0 Å². The highest BCUT2D eigenvalue weighted by atomic mass is 16.6. The van der Waals surface area contributed by atoms with Crippen molar-refractivity contribution < 1.29 is 14.3 Å². The number of carbonyl (C=O) groups is 2. The van der Waals surface area contributed by atoms with Gasteiger partial charge in [-0.2, -0.15) is 0 Å². The van der Waals surface area contributed by atoms with E-state index in [1.165, 1.54) is 0 Å². The van der Waals surface area contributed by atoms with E-state index in [0.29, 0.717) is 0 Å². The topological polar surface area (TPSA) is 55.4 Å². The number of fused-ring (bicyclic) bond motifs is 1. The van der Waals surface area contributed by atoms with Gasteiger partial charge in [-0.25, -0.2) is 4.79 Å². The van der Waals surface area contributed by atoms with E-state index in [1.54, 1.807) is 6.08 Å². The summed E-state index contributed by atoms with van der Waals surface area (Å²) in [4.78, 5) is 22.2. The van der Waals surface area contributed by atoms with Crippen LogP contribution in [0.3, 0.4) is 0 Å². The summed E-state index contributed by atoms with van der Waals surface area (Å²) in [5.74, 6) is -0.483. The number of benzene rings is 2. The molecule has 1 saturated heterocycles. The zero-order chi connectivity index (χ0) is 12.5. The van der Waals surface area contributed by atoms with Crippen LogP contribution in [-0.4, -0.2) is 12.0 Å². The molecule has 1 fully saturated rings. The Morgan fingerprint density at radius 1 is 1.00 bits per heavy atom. The number of cyclic esters (lactones) is 1. The second-order valence-corrected chi connectivity index (χ2v) is 3.96. The lowest BCUT2D eigenvalue weighted by Crippen LogP contribution is -2.18. The Labute approximate surface area is 103 Å². The molecule has 0 bridgehead atoms. The summed E-state index contributed by atoms with van der Waals surface area (Å²) in [5.41, 5.74) is 0.813. The Morgan fingerprint density at radius 3 is 2.50 bits per heavy atom. The van der Waals surface area contributed by atoms with Crippen molar-refractivity contribution in [2.45, 2.75) is 0 Å².